The zero-order chi connectivity index (χ0) is 20.5. The second kappa shape index (κ2) is 7.91. The molecule has 7 heteroatoms. The van der Waals surface area contributed by atoms with E-state index in [-0.39, 0.29) is 11.8 Å². The summed E-state index contributed by atoms with van der Waals surface area (Å²) in [4.78, 5) is 14.5. The number of anilines is 1. The van der Waals surface area contributed by atoms with Crippen molar-refractivity contribution in [2.45, 2.75) is 19.3 Å². The average Bonchev–Trinajstić information content (AvgIpc) is 3.17. The number of fused-ring (bicyclic) bond motifs is 1. The number of amides is 1. The van der Waals surface area contributed by atoms with Crippen LogP contribution < -0.4 is 14.4 Å². The first-order valence-electron chi connectivity index (χ1n) is 9.44. The van der Waals surface area contributed by atoms with E-state index in [2.05, 4.69) is 21.0 Å². The topological polar surface area (TPSA) is 56.6 Å². The summed E-state index contributed by atoms with van der Waals surface area (Å²) < 4.78 is 13.9. The Labute approximate surface area is 178 Å². The molecule has 29 heavy (non-hydrogen) atoms. The van der Waals surface area contributed by atoms with Crippen molar-refractivity contribution in [1.29, 1.82) is 0 Å². The summed E-state index contributed by atoms with van der Waals surface area (Å²) in [5.74, 6) is 2.11. The molecule has 0 radical (unpaired) electrons. The molecule has 1 aliphatic heterocycles. The molecule has 1 aromatic heterocycles. The van der Waals surface area contributed by atoms with E-state index < -0.39 is 0 Å². The van der Waals surface area contributed by atoms with Gasteiger partial charge in [0.15, 0.2) is 11.5 Å². The van der Waals surface area contributed by atoms with E-state index in [4.69, 9.17) is 9.47 Å². The summed E-state index contributed by atoms with van der Waals surface area (Å²) in [6.45, 7) is 2.48. The van der Waals surface area contributed by atoms with Crippen molar-refractivity contribution < 1.29 is 14.3 Å². The van der Waals surface area contributed by atoms with Gasteiger partial charge in [0.2, 0.25) is 5.91 Å². The van der Waals surface area contributed by atoms with Crippen molar-refractivity contribution in [3.05, 3.63) is 64.3 Å². The highest BCUT2D eigenvalue weighted by molar-refractivity contribution is 9.10. The molecule has 1 unspecified atom stereocenters. The van der Waals surface area contributed by atoms with E-state index in [9.17, 15) is 4.79 Å². The lowest BCUT2D eigenvalue weighted by Crippen LogP contribution is -2.34. The highest BCUT2D eigenvalue weighted by Crippen LogP contribution is 2.42. The standard InChI is InChI=1S/C22H22BrN3O3/c1-4-29-20-11-14(5-10-19(20)28-3)17-12-21(27)25(2)22-18(17)13-24-26(22)16-8-6-15(23)7-9-16/h5-11,13,17H,4,12H2,1-3H3. The number of nitrogens with zero attached hydrogens (tertiary/aromatic N) is 3. The van der Waals surface area contributed by atoms with Crippen molar-refractivity contribution in [3.8, 4) is 17.2 Å². The summed E-state index contributed by atoms with van der Waals surface area (Å²) in [5.41, 5.74) is 2.93. The van der Waals surface area contributed by atoms with E-state index in [0.717, 1.165) is 27.1 Å². The molecule has 0 fully saturated rings. The Hall–Kier alpha value is -2.80. The maximum Gasteiger partial charge on any atom is 0.228 e. The molecule has 0 saturated heterocycles. The molecule has 1 amide bonds. The molecule has 0 aliphatic carbocycles. The number of carbonyl (C=O) groups excluding carboxylic acids is 1. The monoisotopic (exact) mass is 455 g/mol. The fourth-order valence-electron chi connectivity index (χ4n) is 3.72. The van der Waals surface area contributed by atoms with Gasteiger partial charge in [-0.25, -0.2) is 4.68 Å². The van der Waals surface area contributed by atoms with Crippen LogP contribution in [-0.4, -0.2) is 36.5 Å². The predicted molar refractivity (Wildman–Crippen MR) is 115 cm³/mol. The number of hydrogen-bond acceptors (Lipinski definition) is 4. The third kappa shape index (κ3) is 3.51. The molecule has 6 nitrogen and oxygen atoms in total. The lowest BCUT2D eigenvalue weighted by Gasteiger charge is -2.30. The van der Waals surface area contributed by atoms with Gasteiger partial charge in [0, 0.05) is 29.4 Å². The second-order valence-corrected chi connectivity index (χ2v) is 7.78. The lowest BCUT2D eigenvalue weighted by molar-refractivity contribution is -0.118. The number of carbonyl (C=O) groups is 1. The van der Waals surface area contributed by atoms with E-state index in [1.54, 1.807) is 19.1 Å². The minimum atomic E-state index is -0.0944. The number of aromatic nitrogens is 2. The highest BCUT2D eigenvalue weighted by Gasteiger charge is 2.34. The van der Waals surface area contributed by atoms with Gasteiger partial charge in [0.1, 0.15) is 5.82 Å². The van der Waals surface area contributed by atoms with Crippen molar-refractivity contribution in [1.82, 2.24) is 9.78 Å². The normalized spacial score (nSPS) is 15.9. The Morgan fingerprint density at radius 3 is 2.62 bits per heavy atom. The number of halogens is 1. The summed E-state index contributed by atoms with van der Waals surface area (Å²) >= 11 is 3.46. The first kappa shape index (κ1) is 19.5. The molecule has 2 heterocycles. The summed E-state index contributed by atoms with van der Waals surface area (Å²) in [5, 5.41) is 4.60. The Kier molecular flexibility index (Phi) is 5.32. The van der Waals surface area contributed by atoms with Gasteiger partial charge in [-0.1, -0.05) is 22.0 Å². The number of hydrogen-bond donors (Lipinski definition) is 0. The van der Waals surface area contributed by atoms with Crippen LogP contribution in [0, 0.1) is 0 Å². The minimum absolute atomic E-state index is 0.0511. The molecule has 150 valence electrons. The molecule has 2 aromatic carbocycles. The summed E-state index contributed by atoms with van der Waals surface area (Å²) in [6.07, 6.45) is 2.24. The second-order valence-electron chi connectivity index (χ2n) is 6.86. The van der Waals surface area contributed by atoms with Crippen molar-refractivity contribution >= 4 is 27.7 Å². The summed E-state index contributed by atoms with van der Waals surface area (Å²) in [7, 11) is 3.42. The van der Waals surface area contributed by atoms with Crippen LogP contribution in [0.2, 0.25) is 0 Å². The van der Waals surface area contributed by atoms with Crippen LogP contribution in [-0.2, 0) is 4.79 Å². The average molecular weight is 456 g/mol. The third-order valence-corrected chi connectivity index (χ3v) is 5.71. The number of benzene rings is 2. The quantitative estimate of drug-likeness (QED) is 0.566. The van der Waals surface area contributed by atoms with Crippen LogP contribution in [0.5, 0.6) is 11.5 Å². The largest absolute Gasteiger partial charge is 0.493 e. The maximum atomic E-state index is 12.8. The smallest absolute Gasteiger partial charge is 0.228 e. The molecule has 0 bridgehead atoms. The van der Waals surface area contributed by atoms with Crippen LogP contribution in [0.1, 0.15) is 30.4 Å². The molecule has 0 spiro atoms. The van der Waals surface area contributed by atoms with Gasteiger partial charge in [0.25, 0.3) is 0 Å². The van der Waals surface area contributed by atoms with Crippen molar-refractivity contribution in [3.63, 3.8) is 0 Å². The molecule has 0 N–H and O–H groups in total. The van der Waals surface area contributed by atoms with E-state index in [0.29, 0.717) is 24.5 Å². The zero-order valence-corrected chi connectivity index (χ0v) is 18.1. The number of methoxy groups -OCH3 is 1. The van der Waals surface area contributed by atoms with Crippen molar-refractivity contribution in [2.75, 3.05) is 25.7 Å². The first-order valence-corrected chi connectivity index (χ1v) is 10.2. The molecule has 0 saturated carbocycles. The highest BCUT2D eigenvalue weighted by atomic mass is 79.9. The fourth-order valence-corrected chi connectivity index (χ4v) is 3.99. The Morgan fingerprint density at radius 1 is 1.17 bits per heavy atom. The Bertz CT molecular complexity index is 1050. The molecule has 4 rings (SSSR count). The number of ether oxygens (including phenoxy) is 2. The van der Waals surface area contributed by atoms with Gasteiger partial charge >= 0.3 is 0 Å². The van der Waals surface area contributed by atoms with E-state index >= 15 is 0 Å². The molecule has 1 atom stereocenters. The molecular weight excluding hydrogens is 434 g/mol. The van der Waals surface area contributed by atoms with Gasteiger partial charge in [-0.2, -0.15) is 5.10 Å². The maximum absolute atomic E-state index is 12.8. The SMILES string of the molecule is CCOc1cc(C2CC(=O)N(C)c3c2cnn3-c2ccc(Br)cc2)ccc1OC. The van der Waals surface area contributed by atoms with Crippen LogP contribution >= 0.6 is 15.9 Å². The van der Waals surface area contributed by atoms with Gasteiger partial charge in [0.05, 0.1) is 25.6 Å². The molecule has 3 aromatic rings. The molecular formula is C22H22BrN3O3. The number of rotatable bonds is 5. The first-order chi connectivity index (χ1) is 14.0. The Morgan fingerprint density at radius 2 is 1.93 bits per heavy atom. The van der Waals surface area contributed by atoms with Gasteiger partial charge < -0.3 is 9.47 Å². The van der Waals surface area contributed by atoms with Crippen LogP contribution in [0.3, 0.4) is 0 Å². The summed E-state index contributed by atoms with van der Waals surface area (Å²) in [6, 6.07) is 13.7. The minimum Gasteiger partial charge on any atom is -0.493 e. The van der Waals surface area contributed by atoms with Crippen LogP contribution in [0.15, 0.2) is 53.1 Å². The van der Waals surface area contributed by atoms with Crippen LogP contribution in [0.25, 0.3) is 5.69 Å². The van der Waals surface area contributed by atoms with Crippen molar-refractivity contribution in [2.24, 2.45) is 0 Å². The van der Waals surface area contributed by atoms with Gasteiger partial charge in [-0.3, -0.25) is 9.69 Å². The Balaban J connectivity index is 1.81. The zero-order valence-electron chi connectivity index (χ0n) is 16.6. The fraction of sp³-hybridized carbons (Fsp3) is 0.273. The lowest BCUT2D eigenvalue weighted by atomic mass is 9.86. The van der Waals surface area contributed by atoms with E-state index in [1.165, 1.54) is 0 Å². The molecule has 1 aliphatic rings. The van der Waals surface area contributed by atoms with Crippen LogP contribution in [0.4, 0.5) is 5.82 Å². The van der Waals surface area contributed by atoms with Gasteiger partial charge in [-0.15, -0.1) is 0 Å². The van der Waals surface area contributed by atoms with E-state index in [1.807, 2.05) is 60.3 Å². The van der Waals surface area contributed by atoms with Gasteiger partial charge in [-0.05, 0) is 48.9 Å². The predicted octanol–water partition coefficient (Wildman–Crippen LogP) is 4.54. The third-order valence-electron chi connectivity index (χ3n) is 5.18.